The summed E-state index contributed by atoms with van der Waals surface area (Å²) in [5.41, 5.74) is 3.03. The second-order valence-electron chi connectivity index (χ2n) is 10.8. The van der Waals surface area contributed by atoms with E-state index in [1.54, 1.807) is 25.3 Å². The van der Waals surface area contributed by atoms with Crippen LogP contribution in [-0.2, 0) is 11.3 Å². The molecule has 1 aromatic heterocycles. The highest BCUT2D eigenvalue weighted by atomic mass is 16.6. The molecule has 198 valence electrons. The number of nitrogens with zero attached hydrogens (tertiary/aromatic N) is 2. The first-order valence-electron chi connectivity index (χ1n) is 13.1. The van der Waals surface area contributed by atoms with Crippen LogP contribution in [0.2, 0.25) is 0 Å². The normalized spacial score (nSPS) is 14.1. The zero-order valence-corrected chi connectivity index (χ0v) is 22.5. The number of benzene rings is 2. The molecule has 1 aliphatic carbocycles. The third kappa shape index (κ3) is 6.44. The lowest BCUT2D eigenvalue weighted by atomic mass is 10.1. The van der Waals surface area contributed by atoms with Gasteiger partial charge in [-0.05, 0) is 69.9 Å². The molecule has 7 heteroatoms. The van der Waals surface area contributed by atoms with E-state index in [4.69, 9.17) is 14.7 Å². The van der Waals surface area contributed by atoms with Crippen molar-refractivity contribution >= 4 is 28.9 Å². The van der Waals surface area contributed by atoms with Crippen molar-refractivity contribution < 1.29 is 19.1 Å². The Labute approximate surface area is 224 Å². The summed E-state index contributed by atoms with van der Waals surface area (Å²) in [7, 11) is 1.57. The highest BCUT2D eigenvalue weighted by Crippen LogP contribution is 2.29. The van der Waals surface area contributed by atoms with Gasteiger partial charge in [0, 0.05) is 46.4 Å². The lowest BCUT2D eigenvalue weighted by molar-refractivity contribution is 0.00690. The van der Waals surface area contributed by atoms with Crippen LogP contribution in [0.25, 0.3) is 17.0 Å². The van der Waals surface area contributed by atoms with E-state index in [0.29, 0.717) is 35.9 Å². The van der Waals surface area contributed by atoms with E-state index in [2.05, 4.69) is 5.32 Å². The molecule has 0 saturated heterocycles. The number of hydrogen-bond donors (Lipinski definition) is 1. The molecule has 7 nitrogen and oxygen atoms in total. The Hall–Kier alpha value is -4.05. The highest BCUT2D eigenvalue weighted by molar-refractivity contribution is 6.00. The summed E-state index contributed by atoms with van der Waals surface area (Å²) in [5, 5.41) is 13.1. The summed E-state index contributed by atoms with van der Waals surface area (Å²) in [4.78, 5) is 25.5. The van der Waals surface area contributed by atoms with Gasteiger partial charge in [0.15, 0.2) is 0 Å². The highest BCUT2D eigenvalue weighted by Gasteiger charge is 2.20. The summed E-state index contributed by atoms with van der Waals surface area (Å²) in [5.74, 6) is 0.631. The molecule has 3 aromatic rings. The quantitative estimate of drug-likeness (QED) is 0.290. The van der Waals surface area contributed by atoms with Gasteiger partial charge in [-0.3, -0.25) is 4.79 Å². The van der Waals surface area contributed by atoms with Gasteiger partial charge >= 0.3 is 5.97 Å². The molecule has 1 aliphatic rings. The largest absolute Gasteiger partial charge is 0.496 e. The number of carbonyl (C=O) groups excluding carboxylic acids is 2. The van der Waals surface area contributed by atoms with E-state index in [9.17, 15) is 9.59 Å². The predicted molar refractivity (Wildman–Crippen MR) is 148 cm³/mol. The van der Waals surface area contributed by atoms with Gasteiger partial charge in [0.2, 0.25) is 0 Å². The number of methoxy groups -OCH3 is 1. The van der Waals surface area contributed by atoms with Crippen molar-refractivity contribution in [1.29, 1.82) is 5.26 Å². The van der Waals surface area contributed by atoms with Crippen LogP contribution in [0.4, 0.5) is 0 Å². The van der Waals surface area contributed by atoms with Crippen LogP contribution >= 0.6 is 0 Å². The summed E-state index contributed by atoms with van der Waals surface area (Å²) < 4.78 is 13.2. The Morgan fingerprint density at radius 2 is 1.87 bits per heavy atom. The molecule has 2 aromatic carbocycles. The number of fused-ring (bicyclic) bond motifs is 1. The van der Waals surface area contributed by atoms with Crippen molar-refractivity contribution in [2.24, 2.45) is 5.92 Å². The van der Waals surface area contributed by atoms with Crippen LogP contribution in [0.5, 0.6) is 5.75 Å². The third-order valence-electron chi connectivity index (χ3n) is 6.80. The average Bonchev–Trinajstić information content (AvgIpc) is 3.53. The number of nitrogens with one attached hydrogen (secondary N) is 1. The molecule has 0 spiro atoms. The SMILES string of the molecule is COc1cc(C(=O)OC(C)(C)C)ccc1Cn1cc(/C=C/C#N)c2ccc(C(=O)NCC3CCCC3)cc21. The molecule has 1 amide bonds. The summed E-state index contributed by atoms with van der Waals surface area (Å²) in [6.45, 7) is 6.64. The Morgan fingerprint density at radius 3 is 2.55 bits per heavy atom. The van der Waals surface area contributed by atoms with Crippen LogP contribution in [-0.4, -0.2) is 35.7 Å². The van der Waals surface area contributed by atoms with Gasteiger partial charge in [0.1, 0.15) is 11.4 Å². The van der Waals surface area contributed by atoms with E-state index in [1.165, 1.54) is 31.8 Å². The molecule has 0 radical (unpaired) electrons. The number of ether oxygens (including phenoxy) is 2. The smallest absolute Gasteiger partial charge is 0.338 e. The van der Waals surface area contributed by atoms with Crippen LogP contribution < -0.4 is 10.1 Å². The van der Waals surface area contributed by atoms with E-state index < -0.39 is 11.6 Å². The molecule has 0 unspecified atom stereocenters. The molecule has 0 bridgehead atoms. The van der Waals surface area contributed by atoms with Gasteiger partial charge in [0.25, 0.3) is 5.91 Å². The van der Waals surface area contributed by atoms with Crippen molar-refractivity contribution in [2.75, 3.05) is 13.7 Å². The zero-order chi connectivity index (χ0) is 27.3. The van der Waals surface area contributed by atoms with Gasteiger partial charge in [-0.15, -0.1) is 0 Å². The standard InChI is InChI=1S/C31H35N3O4/c1-31(2,3)38-30(36)23-11-12-25(28(17-23)37-4)20-34-19-24(10-7-15-32)26-14-13-22(16-27(26)34)29(35)33-18-21-8-5-6-9-21/h7,10-14,16-17,19,21H,5-6,8-9,18,20H2,1-4H3,(H,33,35)/b10-7+. The fourth-order valence-electron chi connectivity index (χ4n) is 4.93. The van der Waals surface area contributed by atoms with E-state index in [1.807, 2.05) is 61.9 Å². The summed E-state index contributed by atoms with van der Waals surface area (Å²) in [6.07, 6.45) is 9.98. The van der Waals surface area contributed by atoms with Crippen molar-refractivity contribution in [1.82, 2.24) is 9.88 Å². The first kappa shape index (κ1) is 27.0. The van der Waals surface area contributed by atoms with Crippen LogP contribution in [0.1, 0.15) is 78.3 Å². The monoisotopic (exact) mass is 513 g/mol. The van der Waals surface area contributed by atoms with Crippen molar-refractivity contribution in [3.8, 4) is 11.8 Å². The van der Waals surface area contributed by atoms with Gasteiger partial charge < -0.3 is 19.4 Å². The molecular formula is C31H35N3O4. The Balaban J connectivity index is 1.64. The maximum atomic E-state index is 13.0. The molecule has 1 saturated carbocycles. The molecule has 38 heavy (non-hydrogen) atoms. The molecule has 0 atom stereocenters. The number of carbonyl (C=O) groups is 2. The van der Waals surface area contributed by atoms with Crippen LogP contribution in [0.3, 0.4) is 0 Å². The van der Waals surface area contributed by atoms with E-state index >= 15 is 0 Å². The van der Waals surface area contributed by atoms with Gasteiger partial charge in [0.05, 0.1) is 25.3 Å². The minimum absolute atomic E-state index is 0.0834. The lowest BCUT2D eigenvalue weighted by Gasteiger charge is -2.20. The maximum Gasteiger partial charge on any atom is 0.338 e. The minimum Gasteiger partial charge on any atom is -0.496 e. The third-order valence-corrected chi connectivity index (χ3v) is 6.80. The minimum atomic E-state index is -0.596. The van der Waals surface area contributed by atoms with Crippen molar-refractivity contribution in [3.63, 3.8) is 0 Å². The topological polar surface area (TPSA) is 93.3 Å². The number of amides is 1. The zero-order valence-electron chi connectivity index (χ0n) is 22.5. The number of allylic oxidation sites excluding steroid dienone is 1. The second-order valence-corrected chi connectivity index (χ2v) is 10.8. The fourth-order valence-corrected chi connectivity index (χ4v) is 4.93. The van der Waals surface area contributed by atoms with Crippen molar-refractivity contribution in [2.45, 2.75) is 58.6 Å². The molecule has 4 rings (SSSR count). The van der Waals surface area contributed by atoms with E-state index in [0.717, 1.165) is 22.0 Å². The summed E-state index contributed by atoms with van der Waals surface area (Å²) in [6, 6.07) is 13.0. The summed E-state index contributed by atoms with van der Waals surface area (Å²) >= 11 is 0. The number of rotatable bonds is 8. The van der Waals surface area contributed by atoms with Crippen LogP contribution in [0.15, 0.2) is 48.7 Å². The second kappa shape index (κ2) is 11.6. The van der Waals surface area contributed by atoms with Crippen LogP contribution in [0, 0.1) is 17.2 Å². The lowest BCUT2D eigenvalue weighted by Crippen LogP contribution is -2.28. The molecular weight excluding hydrogens is 478 g/mol. The van der Waals surface area contributed by atoms with Gasteiger partial charge in [-0.1, -0.05) is 25.0 Å². The maximum absolute atomic E-state index is 13.0. The predicted octanol–water partition coefficient (Wildman–Crippen LogP) is 6.11. The molecule has 1 N–H and O–H groups in total. The first-order chi connectivity index (χ1) is 18.2. The number of esters is 1. The average molecular weight is 514 g/mol. The fraction of sp³-hybridized carbons (Fsp3) is 0.387. The molecule has 1 fully saturated rings. The Morgan fingerprint density at radius 1 is 1.13 bits per heavy atom. The number of aromatic nitrogens is 1. The Bertz CT molecular complexity index is 1400. The Kier molecular flexibility index (Phi) is 8.21. The number of nitriles is 1. The first-order valence-corrected chi connectivity index (χ1v) is 13.1. The molecule has 0 aliphatic heterocycles. The van der Waals surface area contributed by atoms with Gasteiger partial charge in [-0.2, -0.15) is 5.26 Å². The number of hydrogen-bond acceptors (Lipinski definition) is 5. The van der Waals surface area contributed by atoms with Gasteiger partial charge in [-0.25, -0.2) is 4.79 Å². The van der Waals surface area contributed by atoms with Crippen molar-refractivity contribution in [3.05, 3.63) is 70.9 Å². The molecule has 1 heterocycles. The van der Waals surface area contributed by atoms with E-state index in [-0.39, 0.29) is 5.91 Å².